The van der Waals surface area contributed by atoms with Gasteiger partial charge < -0.3 is 19.7 Å². The summed E-state index contributed by atoms with van der Waals surface area (Å²) in [5.74, 6) is 0.465. The number of aromatic hydroxyl groups is 2. The van der Waals surface area contributed by atoms with Crippen LogP contribution in [0, 0.1) is 0 Å². The minimum absolute atomic E-state index is 0.0411. The number of carbonyl (C=O) groups is 1. The van der Waals surface area contributed by atoms with Crippen LogP contribution in [-0.4, -0.2) is 16.2 Å². The summed E-state index contributed by atoms with van der Waals surface area (Å²) >= 11 is 0. The van der Waals surface area contributed by atoms with E-state index < -0.39 is 5.60 Å². The molecule has 2 N–H and O–H groups in total. The van der Waals surface area contributed by atoms with Crippen LogP contribution in [0.2, 0.25) is 0 Å². The van der Waals surface area contributed by atoms with E-state index in [-0.39, 0.29) is 17.5 Å². The second-order valence-corrected chi connectivity index (χ2v) is 6.73. The molecule has 5 nitrogen and oxygen atoms in total. The first-order chi connectivity index (χ1) is 13.0. The van der Waals surface area contributed by atoms with Crippen LogP contribution in [0.1, 0.15) is 39.5 Å². The minimum Gasteiger partial charge on any atom is -0.508 e. The first-order valence-electron chi connectivity index (χ1n) is 8.75. The van der Waals surface area contributed by atoms with Gasteiger partial charge in [-0.25, -0.2) is 4.79 Å². The third kappa shape index (κ3) is 1.96. The van der Waals surface area contributed by atoms with E-state index in [1.54, 1.807) is 24.3 Å². The number of benzene rings is 3. The number of esters is 1. The molecule has 1 spiro atoms. The third-order valence-corrected chi connectivity index (χ3v) is 5.27. The van der Waals surface area contributed by atoms with Crippen molar-refractivity contribution in [1.82, 2.24) is 0 Å². The molecule has 27 heavy (non-hydrogen) atoms. The molecule has 5 heteroatoms. The second-order valence-electron chi connectivity index (χ2n) is 6.73. The van der Waals surface area contributed by atoms with Gasteiger partial charge in [-0.05, 0) is 36.2 Å². The summed E-state index contributed by atoms with van der Waals surface area (Å²) in [6, 6.07) is 15.2. The average Bonchev–Trinajstić information content (AvgIpc) is 2.95. The van der Waals surface area contributed by atoms with Gasteiger partial charge in [-0.1, -0.05) is 25.1 Å². The van der Waals surface area contributed by atoms with E-state index in [1.165, 1.54) is 12.1 Å². The number of phenolic OH excluding ortho intramolecular Hbond substituents is 2. The Labute approximate surface area is 155 Å². The predicted octanol–water partition coefficient (Wildman–Crippen LogP) is 4.23. The van der Waals surface area contributed by atoms with E-state index >= 15 is 0 Å². The maximum Gasteiger partial charge on any atom is 0.340 e. The molecule has 0 unspecified atom stereocenters. The number of aryl methyl sites for hydroxylation is 1. The number of fused-ring (bicyclic) bond motifs is 6. The minimum atomic E-state index is -1.18. The van der Waals surface area contributed by atoms with E-state index in [0.29, 0.717) is 34.6 Å². The summed E-state index contributed by atoms with van der Waals surface area (Å²) in [7, 11) is 0. The van der Waals surface area contributed by atoms with Crippen LogP contribution < -0.4 is 4.74 Å². The Kier molecular flexibility index (Phi) is 3.07. The van der Waals surface area contributed by atoms with Crippen molar-refractivity contribution >= 4 is 5.97 Å². The summed E-state index contributed by atoms with van der Waals surface area (Å²) in [6.07, 6.45) is 0.704. The van der Waals surface area contributed by atoms with Crippen molar-refractivity contribution in [3.8, 4) is 23.0 Å². The number of rotatable bonds is 1. The Morgan fingerprint density at radius 3 is 2.11 bits per heavy atom. The standard InChI is InChI=1S/C22H16O5/c1-2-12-4-3-5-17-20(12)21(25)27-22(17)15-8-6-13(23)10-18(15)26-19-11-14(24)7-9-16(19)22/h3-11,23-24H,2H2,1H3. The third-order valence-electron chi connectivity index (χ3n) is 5.27. The molecule has 3 aromatic rings. The second kappa shape index (κ2) is 5.27. The fraction of sp³-hybridized carbons (Fsp3) is 0.136. The molecule has 0 bridgehead atoms. The van der Waals surface area contributed by atoms with Gasteiger partial charge in [0.2, 0.25) is 0 Å². The van der Waals surface area contributed by atoms with Crippen molar-refractivity contribution in [1.29, 1.82) is 0 Å². The maximum absolute atomic E-state index is 12.9. The predicted molar refractivity (Wildman–Crippen MR) is 97.4 cm³/mol. The highest BCUT2D eigenvalue weighted by Crippen LogP contribution is 2.57. The summed E-state index contributed by atoms with van der Waals surface area (Å²) < 4.78 is 12.0. The summed E-state index contributed by atoms with van der Waals surface area (Å²) in [4.78, 5) is 12.9. The Hall–Kier alpha value is -3.47. The van der Waals surface area contributed by atoms with Crippen molar-refractivity contribution in [2.24, 2.45) is 0 Å². The van der Waals surface area contributed by atoms with E-state index in [2.05, 4.69) is 0 Å². The highest BCUT2D eigenvalue weighted by molar-refractivity contribution is 5.98. The molecule has 2 aliphatic heterocycles. The van der Waals surface area contributed by atoms with Gasteiger partial charge in [-0.2, -0.15) is 0 Å². The lowest BCUT2D eigenvalue weighted by Gasteiger charge is -2.36. The van der Waals surface area contributed by atoms with Gasteiger partial charge in [0.15, 0.2) is 5.60 Å². The molecule has 0 saturated heterocycles. The normalized spacial score (nSPS) is 15.5. The number of phenols is 2. The molecule has 3 aromatic carbocycles. The van der Waals surface area contributed by atoms with E-state index in [0.717, 1.165) is 11.1 Å². The van der Waals surface area contributed by atoms with Crippen molar-refractivity contribution in [3.63, 3.8) is 0 Å². The van der Waals surface area contributed by atoms with Crippen molar-refractivity contribution in [2.45, 2.75) is 18.9 Å². The first kappa shape index (κ1) is 15.8. The van der Waals surface area contributed by atoms with Gasteiger partial charge in [0.25, 0.3) is 0 Å². The van der Waals surface area contributed by atoms with Crippen LogP contribution in [0.25, 0.3) is 0 Å². The molecule has 0 fully saturated rings. The van der Waals surface area contributed by atoms with E-state index in [1.807, 2.05) is 25.1 Å². The zero-order valence-corrected chi connectivity index (χ0v) is 14.5. The monoisotopic (exact) mass is 360 g/mol. The number of carbonyl (C=O) groups excluding carboxylic acids is 1. The van der Waals surface area contributed by atoms with E-state index in [9.17, 15) is 15.0 Å². The van der Waals surface area contributed by atoms with Crippen molar-refractivity contribution in [2.75, 3.05) is 0 Å². The molecular formula is C22H16O5. The topological polar surface area (TPSA) is 76.0 Å². The molecule has 2 aliphatic rings. The lowest BCUT2D eigenvalue weighted by molar-refractivity contribution is 0.0224. The highest BCUT2D eigenvalue weighted by atomic mass is 16.6. The van der Waals surface area contributed by atoms with Gasteiger partial charge in [0.05, 0.1) is 5.56 Å². The van der Waals surface area contributed by atoms with Crippen LogP contribution in [0.3, 0.4) is 0 Å². The molecular weight excluding hydrogens is 344 g/mol. The zero-order chi connectivity index (χ0) is 18.8. The maximum atomic E-state index is 12.9. The summed E-state index contributed by atoms with van der Waals surface area (Å²) in [6.45, 7) is 2.00. The number of ether oxygens (including phenoxy) is 2. The van der Waals surface area contributed by atoms with E-state index in [4.69, 9.17) is 9.47 Å². The molecule has 5 rings (SSSR count). The molecule has 0 amide bonds. The lowest BCUT2D eigenvalue weighted by atomic mass is 9.77. The number of hydrogen-bond acceptors (Lipinski definition) is 5. The fourth-order valence-corrected chi connectivity index (χ4v) is 4.11. The Bertz CT molecular complexity index is 1060. The Morgan fingerprint density at radius 2 is 1.52 bits per heavy atom. The average molecular weight is 360 g/mol. The Balaban J connectivity index is 1.91. The number of hydrogen-bond donors (Lipinski definition) is 2. The Morgan fingerprint density at radius 1 is 0.889 bits per heavy atom. The first-order valence-corrected chi connectivity index (χ1v) is 8.75. The largest absolute Gasteiger partial charge is 0.508 e. The molecule has 0 atom stereocenters. The van der Waals surface area contributed by atoms with Gasteiger partial charge in [-0.15, -0.1) is 0 Å². The molecule has 0 saturated carbocycles. The van der Waals surface area contributed by atoms with Crippen molar-refractivity contribution < 1.29 is 24.5 Å². The lowest BCUT2D eigenvalue weighted by Crippen LogP contribution is -2.32. The van der Waals surface area contributed by atoms with Gasteiger partial charge >= 0.3 is 5.97 Å². The van der Waals surface area contributed by atoms with Crippen LogP contribution in [-0.2, 0) is 16.8 Å². The molecule has 0 aliphatic carbocycles. The van der Waals surface area contributed by atoms with Crippen LogP contribution >= 0.6 is 0 Å². The highest BCUT2D eigenvalue weighted by Gasteiger charge is 2.54. The van der Waals surface area contributed by atoms with Crippen LogP contribution in [0.15, 0.2) is 54.6 Å². The molecule has 2 heterocycles. The quantitative estimate of drug-likeness (QED) is 0.635. The van der Waals surface area contributed by atoms with Gasteiger partial charge in [-0.3, -0.25) is 0 Å². The molecule has 134 valence electrons. The van der Waals surface area contributed by atoms with Crippen LogP contribution in [0.4, 0.5) is 0 Å². The van der Waals surface area contributed by atoms with Gasteiger partial charge in [0.1, 0.15) is 23.0 Å². The fourth-order valence-electron chi connectivity index (χ4n) is 4.11. The smallest absolute Gasteiger partial charge is 0.340 e. The van der Waals surface area contributed by atoms with Gasteiger partial charge in [0, 0.05) is 28.8 Å². The summed E-state index contributed by atoms with van der Waals surface area (Å²) in [5, 5.41) is 19.8. The molecule has 0 aromatic heterocycles. The van der Waals surface area contributed by atoms with Crippen molar-refractivity contribution in [3.05, 3.63) is 82.4 Å². The summed E-state index contributed by atoms with van der Waals surface area (Å²) in [5.41, 5.74) is 2.33. The zero-order valence-electron chi connectivity index (χ0n) is 14.5. The SMILES string of the molecule is CCc1cccc2c1C(=O)OC21c2ccc(O)cc2Oc2cc(O)ccc21. The van der Waals surface area contributed by atoms with Crippen LogP contribution in [0.5, 0.6) is 23.0 Å². The molecule has 0 radical (unpaired) electrons.